The molecule has 0 radical (unpaired) electrons. The van der Waals surface area contributed by atoms with Crippen LogP contribution in [0, 0.1) is 0 Å². The van der Waals surface area contributed by atoms with E-state index in [1.165, 1.54) is 6.21 Å². The molecule has 0 rings (SSSR count). The van der Waals surface area contributed by atoms with Crippen molar-refractivity contribution in [3.05, 3.63) is 0 Å². The normalized spacial score (nSPS) is 13.0. The molecule has 0 aliphatic rings. The van der Waals surface area contributed by atoms with Crippen molar-refractivity contribution in [1.82, 2.24) is 0 Å². The lowest BCUT2D eigenvalue weighted by atomic mass is 10.5. The van der Waals surface area contributed by atoms with Gasteiger partial charge < -0.3 is 5.84 Å². The van der Waals surface area contributed by atoms with Crippen LogP contribution >= 0.6 is 0 Å². The van der Waals surface area contributed by atoms with Crippen molar-refractivity contribution in [2.45, 2.75) is 6.92 Å². The van der Waals surface area contributed by atoms with Crippen LogP contribution in [0.15, 0.2) is 5.10 Å². The summed E-state index contributed by atoms with van der Waals surface area (Å²) in [6.07, 6.45) is 1.50. The minimum atomic E-state index is 0.669. The number of hydrazone groups is 2. The number of nitrogens with one attached hydrogen (secondary N) is 1. The van der Waals surface area contributed by atoms with Gasteiger partial charge in [0.2, 0.25) is 6.21 Å². The molecule has 4 nitrogen and oxygen atoms in total. The molecule has 5 N–H and O–H groups in total. The molecule has 0 saturated heterocycles. The summed E-state index contributed by atoms with van der Waals surface area (Å²) in [6, 6.07) is 0. The molecule has 0 heterocycles. The van der Waals surface area contributed by atoms with E-state index in [9.17, 15) is 0 Å². The Morgan fingerprint density at radius 2 is 2.43 bits per heavy atom. The average molecular weight is 101 g/mol. The summed E-state index contributed by atoms with van der Waals surface area (Å²) in [5.41, 5.74) is 0.669. The largest absolute Gasteiger partial charge is 0.323 e. The quantitative estimate of drug-likeness (QED) is 0.191. The maximum absolute atomic E-state index is 4.86. The Balaban J connectivity index is 3.58. The van der Waals surface area contributed by atoms with Gasteiger partial charge in [-0.05, 0) is 6.92 Å². The summed E-state index contributed by atoms with van der Waals surface area (Å²) >= 11 is 0. The van der Waals surface area contributed by atoms with Crippen molar-refractivity contribution in [1.29, 1.82) is 0 Å². The van der Waals surface area contributed by atoms with Crippen LogP contribution in [-0.4, -0.2) is 11.9 Å². The van der Waals surface area contributed by atoms with Gasteiger partial charge in [-0.2, -0.15) is 5.10 Å². The van der Waals surface area contributed by atoms with E-state index in [4.69, 9.17) is 11.7 Å². The molecule has 0 fully saturated rings. The summed E-state index contributed by atoms with van der Waals surface area (Å²) < 4.78 is 0. The third kappa shape index (κ3) is 2.75. The zero-order valence-electron chi connectivity index (χ0n) is 4.18. The standard InChI is InChI=1S/C3H8N4/c1-3(7-5)2-6-4/h2H,4-5H2,1H3/p+1. The molecule has 0 spiro atoms. The van der Waals surface area contributed by atoms with E-state index in [0.717, 1.165) is 0 Å². The zero-order chi connectivity index (χ0) is 5.70. The Morgan fingerprint density at radius 3 is 2.57 bits per heavy atom. The molecule has 0 amide bonds. The van der Waals surface area contributed by atoms with Crippen LogP contribution in [-0.2, 0) is 0 Å². The Morgan fingerprint density at radius 1 is 1.86 bits per heavy atom. The fraction of sp³-hybridized carbons (Fsp3) is 0.333. The molecule has 0 saturated carbocycles. The highest BCUT2D eigenvalue weighted by atomic mass is 15.1. The molecular weight excluding hydrogens is 92.1 g/mol. The average Bonchev–Trinajstić information content (AvgIpc) is 1.68. The number of rotatable bonds is 1. The third-order valence-corrected chi connectivity index (χ3v) is 0.496. The highest BCUT2D eigenvalue weighted by Gasteiger charge is 1.81. The lowest BCUT2D eigenvalue weighted by Crippen LogP contribution is -2.77. The molecule has 0 bridgehead atoms. The highest BCUT2D eigenvalue weighted by molar-refractivity contribution is 6.26. The molecule has 7 heavy (non-hydrogen) atoms. The van der Waals surface area contributed by atoms with Crippen molar-refractivity contribution >= 4 is 11.9 Å². The second-order valence-corrected chi connectivity index (χ2v) is 1.08. The zero-order valence-corrected chi connectivity index (χ0v) is 4.18. The monoisotopic (exact) mass is 101 g/mol. The summed E-state index contributed by atoms with van der Waals surface area (Å²) in [4.78, 5) is 0. The Bertz CT molecular complexity index is 93.1. The van der Waals surface area contributed by atoms with Crippen molar-refractivity contribution in [2.24, 2.45) is 16.8 Å². The van der Waals surface area contributed by atoms with Gasteiger partial charge in [0.15, 0.2) is 0 Å². The molecule has 0 aromatic carbocycles. The first-order chi connectivity index (χ1) is 3.31. The highest BCUT2D eigenvalue weighted by Crippen LogP contribution is 1.55. The molecule has 0 aromatic rings. The summed E-state index contributed by atoms with van der Waals surface area (Å²) in [6.45, 7) is 1.74. The maximum atomic E-state index is 4.86. The van der Waals surface area contributed by atoms with E-state index in [2.05, 4.69) is 10.2 Å². The minimum Gasteiger partial charge on any atom is -0.323 e. The van der Waals surface area contributed by atoms with Crippen LogP contribution in [0.5, 0.6) is 0 Å². The molecule has 4 heteroatoms. The second-order valence-electron chi connectivity index (χ2n) is 1.08. The van der Waals surface area contributed by atoms with E-state index < -0.39 is 0 Å². The van der Waals surface area contributed by atoms with E-state index in [0.29, 0.717) is 5.71 Å². The van der Waals surface area contributed by atoms with Crippen molar-refractivity contribution < 1.29 is 5.10 Å². The van der Waals surface area contributed by atoms with Gasteiger partial charge in [0.05, 0.1) is 0 Å². The number of nitrogens with zero attached hydrogens (tertiary/aromatic N) is 1. The van der Waals surface area contributed by atoms with Gasteiger partial charge in [-0.1, -0.05) is 0 Å². The molecule has 0 aromatic heterocycles. The Labute approximate surface area is 41.9 Å². The van der Waals surface area contributed by atoms with Crippen LogP contribution in [0.2, 0.25) is 0 Å². The smallest absolute Gasteiger partial charge is 0.213 e. The molecule has 40 valence electrons. The van der Waals surface area contributed by atoms with Crippen LogP contribution in [0.1, 0.15) is 6.92 Å². The van der Waals surface area contributed by atoms with Crippen molar-refractivity contribution in [3.8, 4) is 0 Å². The first-order valence-corrected chi connectivity index (χ1v) is 1.85. The van der Waals surface area contributed by atoms with Gasteiger partial charge in [-0.25, -0.2) is 5.84 Å². The van der Waals surface area contributed by atoms with Crippen LogP contribution < -0.4 is 16.8 Å². The minimum absolute atomic E-state index is 0.669. The Kier molecular flexibility index (Phi) is 2.67. The predicted octanol–water partition coefficient (Wildman–Crippen LogP) is -2.65. The van der Waals surface area contributed by atoms with E-state index in [-0.39, 0.29) is 0 Å². The number of hydrazine groups is 1. The van der Waals surface area contributed by atoms with Gasteiger partial charge in [0.1, 0.15) is 5.71 Å². The van der Waals surface area contributed by atoms with Crippen molar-refractivity contribution in [3.63, 3.8) is 0 Å². The van der Waals surface area contributed by atoms with Crippen molar-refractivity contribution in [2.75, 3.05) is 0 Å². The number of nitrogens with two attached hydrogens (primary N) is 2. The van der Waals surface area contributed by atoms with Crippen LogP contribution in [0.25, 0.3) is 0 Å². The molecule has 0 aliphatic heterocycles. The van der Waals surface area contributed by atoms with Gasteiger partial charge >= 0.3 is 0 Å². The lowest BCUT2D eigenvalue weighted by Gasteiger charge is -1.74. The fourth-order valence-corrected chi connectivity index (χ4v) is 0.158. The van der Waals surface area contributed by atoms with Gasteiger partial charge in [0, 0.05) is 0 Å². The first-order valence-electron chi connectivity index (χ1n) is 1.85. The van der Waals surface area contributed by atoms with Gasteiger partial charge in [-0.15, -0.1) is 5.10 Å². The SMILES string of the molecule is CC(C=[NH+]N)=NN. The molecule has 0 atom stereocenters. The van der Waals surface area contributed by atoms with E-state index in [1.807, 2.05) is 0 Å². The summed E-state index contributed by atoms with van der Waals surface area (Å²) in [5, 5.41) is 5.58. The molecule has 0 aliphatic carbocycles. The van der Waals surface area contributed by atoms with Crippen LogP contribution in [0.3, 0.4) is 0 Å². The molecule has 0 unspecified atom stereocenters. The van der Waals surface area contributed by atoms with E-state index >= 15 is 0 Å². The number of hydrogen-bond acceptors (Lipinski definition) is 3. The lowest BCUT2D eigenvalue weighted by molar-refractivity contribution is -0.462. The maximum Gasteiger partial charge on any atom is 0.213 e. The topological polar surface area (TPSA) is 78.4 Å². The molecular formula is C3H9N4+. The fourth-order valence-electron chi connectivity index (χ4n) is 0.158. The number of hydrogen-bond donors (Lipinski definition) is 3. The summed E-state index contributed by atoms with van der Waals surface area (Å²) in [7, 11) is 0. The third-order valence-electron chi connectivity index (χ3n) is 0.496. The summed E-state index contributed by atoms with van der Waals surface area (Å²) in [5.74, 6) is 9.68. The van der Waals surface area contributed by atoms with E-state index in [1.54, 1.807) is 6.92 Å². The first kappa shape index (κ1) is 5.94. The second kappa shape index (κ2) is 3.14. The van der Waals surface area contributed by atoms with Gasteiger partial charge in [-0.3, -0.25) is 0 Å². The van der Waals surface area contributed by atoms with Gasteiger partial charge in [0.25, 0.3) is 0 Å². The Hall–Kier alpha value is -1.06. The van der Waals surface area contributed by atoms with Crippen LogP contribution in [0.4, 0.5) is 0 Å². The predicted molar refractivity (Wildman–Crippen MR) is 28.5 cm³/mol.